The molecule has 3 nitrogen and oxygen atoms in total. The largest absolute Gasteiger partial charge is 1.00 e. The third-order valence-electron chi connectivity index (χ3n) is 3.27. The highest BCUT2D eigenvalue weighted by molar-refractivity contribution is 9.10. The van der Waals surface area contributed by atoms with Crippen molar-refractivity contribution < 1.29 is 17.0 Å². The number of halogens is 3. The quantitative estimate of drug-likeness (QED) is 0.451. The van der Waals surface area contributed by atoms with Crippen LogP contribution >= 0.6 is 38.9 Å². The molecule has 0 amide bonds. The van der Waals surface area contributed by atoms with Crippen molar-refractivity contribution in [3.8, 4) is 21.8 Å². The predicted molar refractivity (Wildman–Crippen MR) is 94.4 cm³/mol. The third kappa shape index (κ3) is 3.35. The van der Waals surface area contributed by atoms with Crippen molar-refractivity contribution >= 4 is 43.8 Å². The average Bonchev–Trinajstić information content (AvgIpc) is 3.07. The Labute approximate surface area is 160 Å². The molecule has 0 atom stereocenters. The lowest BCUT2D eigenvalue weighted by atomic mass is 10.2. The number of aromatic nitrogens is 3. The molecule has 0 bridgehead atoms. The van der Waals surface area contributed by atoms with E-state index >= 15 is 0 Å². The van der Waals surface area contributed by atoms with Crippen LogP contribution in [-0.4, -0.2) is 14.6 Å². The van der Waals surface area contributed by atoms with Gasteiger partial charge in [-0.15, -0.1) is 0 Å². The Bertz CT molecular complexity index is 839. The molecule has 0 fully saturated rings. The molecule has 23 heavy (non-hydrogen) atoms. The van der Waals surface area contributed by atoms with Crippen LogP contribution in [0.4, 0.5) is 0 Å². The highest BCUT2D eigenvalue weighted by Gasteiger charge is 2.11. The SMILES string of the molecule is Clc1ccc(-c2cn3nc(-c4ccc(Br)cc4)sc3n2)cc1.[Br-]. The maximum atomic E-state index is 5.92. The standard InChI is InChI=1S/C16H9BrClN3S.BrH/c17-12-5-1-11(2-6-12)15-20-21-9-14(19-16(21)22-15)10-3-7-13(18)8-4-10;/h1-9H;1H/p-1. The lowest BCUT2D eigenvalue weighted by molar-refractivity contribution is -0.00000410. The maximum Gasteiger partial charge on any atom is 0.213 e. The molecule has 0 spiro atoms. The zero-order chi connectivity index (χ0) is 15.1. The van der Waals surface area contributed by atoms with Gasteiger partial charge in [0, 0.05) is 20.6 Å². The fourth-order valence-electron chi connectivity index (χ4n) is 2.17. The minimum Gasteiger partial charge on any atom is -1.00 e. The van der Waals surface area contributed by atoms with Crippen molar-refractivity contribution in [2.45, 2.75) is 0 Å². The summed E-state index contributed by atoms with van der Waals surface area (Å²) in [6.07, 6.45) is 1.94. The molecular formula is C16H9Br2ClN3S-. The van der Waals surface area contributed by atoms with Gasteiger partial charge in [0.2, 0.25) is 4.96 Å². The summed E-state index contributed by atoms with van der Waals surface area (Å²) in [5.41, 5.74) is 3.02. The molecule has 0 radical (unpaired) electrons. The van der Waals surface area contributed by atoms with E-state index in [0.717, 1.165) is 36.3 Å². The molecule has 0 saturated carbocycles. The van der Waals surface area contributed by atoms with Crippen LogP contribution in [0, 0.1) is 0 Å². The summed E-state index contributed by atoms with van der Waals surface area (Å²) in [6, 6.07) is 15.8. The van der Waals surface area contributed by atoms with E-state index < -0.39 is 0 Å². The van der Waals surface area contributed by atoms with E-state index in [2.05, 4.69) is 26.0 Å². The molecule has 2 aromatic heterocycles. The summed E-state index contributed by atoms with van der Waals surface area (Å²) in [7, 11) is 0. The number of hydrogen-bond donors (Lipinski definition) is 0. The van der Waals surface area contributed by atoms with E-state index in [9.17, 15) is 0 Å². The summed E-state index contributed by atoms with van der Waals surface area (Å²) in [5.74, 6) is 0. The molecule has 0 unspecified atom stereocenters. The number of hydrogen-bond acceptors (Lipinski definition) is 3. The molecule has 116 valence electrons. The first kappa shape index (κ1) is 16.6. The third-order valence-corrected chi connectivity index (χ3v) is 5.03. The molecule has 0 aliphatic heterocycles. The van der Waals surface area contributed by atoms with E-state index in [-0.39, 0.29) is 17.0 Å². The van der Waals surface area contributed by atoms with Crippen LogP contribution < -0.4 is 17.0 Å². The van der Waals surface area contributed by atoms with Gasteiger partial charge in [0.05, 0.1) is 11.9 Å². The average molecular weight is 471 g/mol. The predicted octanol–water partition coefficient (Wildman–Crippen LogP) is 2.54. The van der Waals surface area contributed by atoms with Crippen LogP contribution in [0.2, 0.25) is 5.02 Å². The molecular weight excluding hydrogens is 462 g/mol. The smallest absolute Gasteiger partial charge is 0.213 e. The number of fused-ring (bicyclic) bond motifs is 1. The van der Waals surface area contributed by atoms with Gasteiger partial charge in [-0.2, -0.15) is 5.10 Å². The van der Waals surface area contributed by atoms with E-state index in [1.54, 1.807) is 11.3 Å². The monoisotopic (exact) mass is 468 g/mol. The van der Waals surface area contributed by atoms with Crippen molar-refractivity contribution in [3.05, 3.63) is 64.2 Å². The van der Waals surface area contributed by atoms with Gasteiger partial charge in [-0.1, -0.05) is 63.1 Å². The summed E-state index contributed by atoms with van der Waals surface area (Å²) in [6.45, 7) is 0. The molecule has 4 rings (SSSR count). The fourth-order valence-corrected chi connectivity index (χ4v) is 3.45. The minimum atomic E-state index is 0. The van der Waals surface area contributed by atoms with Crippen molar-refractivity contribution in [2.24, 2.45) is 0 Å². The fraction of sp³-hybridized carbons (Fsp3) is 0. The maximum absolute atomic E-state index is 5.92. The Morgan fingerprint density at radius 2 is 1.61 bits per heavy atom. The van der Waals surface area contributed by atoms with Crippen molar-refractivity contribution in [1.29, 1.82) is 0 Å². The first-order chi connectivity index (χ1) is 10.7. The Morgan fingerprint density at radius 1 is 0.957 bits per heavy atom. The van der Waals surface area contributed by atoms with Gasteiger partial charge in [0.25, 0.3) is 0 Å². The zero-order valence-corrected chi connectivity index (χ0v) is 16.3. The van der Waals surface area contributed by atoms with Gasteiger partial charge >= 0.3 is 0 Å². The van der Waals surface area contributed by atoms with Gasteiger partial charge in [0.15, 0.2) is 0 Å². The molecule has 4 aromatic rings. The van der Waals surface area contributed by atoms with Crippen LogP contribution in [0.5, 0.6) is 0 Å². The van der Waals surface area contributed by atoms with Gasteiger partial charge in [0.1, 0.15) is 5.01 Å². The summed E-state index contributed by atoms with van der Waals surface area (Å²) >= 11 is 10.9. The Kier molecular flexibility index (Phi) is 4.87. The second-order valence-electron chi connectivity index (χ2n) is 4.77. The van der Waals surface area contributed by atoms with Gasteiger partial charge < -0.3 is 17.0 Å². The second-order valence-corrected chi connectivity index (χ2v) is 7.08. The number of nitrogens with zero attached hydrogens (tertiary/aromatic N) is 3. The Hall–Kier alpha value is -1.21. The van der Waals surface area contributed by atoms with Gasteiger partial charge in [-0.05, 0) is 24.3 Å². The zero-order valence-electron chi connectivity index (χ0n) is 11.6. The van der Waals surface area contributed by atoms with Crippen LogP contribution in [0.15, 0.2) is 59.2 Å². The van der Waals surface area contributed by atoms with E-state index in [4.69, 9.17) is 11.6 Å². The Balaban J connectivity index is 0.00000156. The summed E-state index contributed by atoms with van der Waals surface area (Å²) in [4.78, 5) is 5.52. The first-order valence-corrected chi connectivity index (χ1v) is 8.56. The van der Waals surface area contributed by atoms with E-state index in [1.165, 1.54) is 0 Å². The summed E-state index contributed by atoms with van der Waals surface area (Å²) in [5, 5.41) is 6.29. The minimum absolute atomic E-state index is 0. The van der Waals surface area contributed by atoms with E-state index in [1.807, 2.05) is 59.2 Å². The first-order valence-electron chi connectivity index (χ1n) is 6.57. The Morgan fingerprint density at radius 3 is 2.26 bits per heavy atom. The normalized spacial score (nSPS) is 10.7. The molecule has 2 aromatic carbocycles. The number of benzene rings is 2. The molecule has 0 aliphatic carbocycles. The molecule has 0 N–H and O–H groups in total. The molecule has 0 aliphatic rings. The van der Waals surface area contributed by atoms with Crippen LogP contribution in [0.3, 0.4) is 0 Å². The van der Waals surface area contributed by atoms with Crippen molar-refractivity contribution in [3.63, 3.8) is 0 Å². The van der Waals surface area contributed by atoms with Crippen molar-refractivity contribution in [2.75, 3.05) is 0 Å². The molecule has 2 heterocycles. The van der Waals surface area contributed by atoms with Crippen LogP contribution in [0.1, 0.15) is 0 Å². The van der Waals surface area contributed by atoms with Crippen LogP contribution in [-0.2, 0) is 0 Å². The van der Waals surface area contributed by atoms with Gasteiger partial charge in [-0.25, -0.2) is 9.50 Å². The highest BCUT2D eigenvalue weighted by atomic mass is 79.9. The lowest BCUT2D eigenvalue weighted by Gasteiger charge is -1.96. The molecule has 0 saturated heterocycles. The molecule has 7 heteroatoms. The topological polar surface area (TPSA) is 30.2 Å². The van der Waals surface area contributed by atoms with Crippen molar-refractivity contribution in [1.82, 2.24) is 14.6 Å². The lowest BCUT2D eigenvalue weighted by Crippen LogP contribution is -3.00. The van der Waals surface area contributed by atoms with Crippen LogP contribution in [0.25, 0.3) is 26.8 Å². The number of imidazole rings is 1. The number of rotatable bonds is 2. The van der Waals surface area contributed by atoms with Gasteiger partial charge in [-0.3, -0.25) is 0 Å². The van der Waals surface area contributed by atoms with E-state index in [0.29, 0.717) is 0 Å². The summed E-state index contributed by atoms with van der Waals surface area (Å²) < 4.78 is 2.88. The second kappa shape index (κ2) is 6.73. The highest BCUT2D eigenvalue weighted by Crippen LogP contribution is 2.29.